The number of aryl methyl sites for hydroxylation is 1. The molecule has 3 aromatic rings. The number of anilines is 2. The van der Waals surface area contributed by atoms with Gasteiger partial charge in [0.05, 0.1) is 0 Å². The third-order valence-electron chi connectivity index (χ3n) is 4.52. The van der Waals surface area contributed by atoms with Crippen LogP contribution < -0.4 is 10.2 Å². The third-order valence-corrected chi connectivity index (χ3v) is 4.52. The predicted octanol–water partition coefficient (Wildman–Crippen LogP) is 2.93. The molecule has 1 fully saturated rings. The van der Waals surface area contributed by atoms with Crippen LogP contribution in [0.3, 0.4) is 0 Å². The summed E-state index contributed by atoms with van der Waals surface area (Å²) in [7, 11) is 0. The SMILES string of the molecule is Cc1nc(-c2ccc(N3CCN(C(=O)Nc4ccc(F)cc4)CC3)nc2)no1. The van der Waals surface area contributed by atoms with Crippen molar-refractivity contribution in [2.45, 2.75) is 6.92 Å². The molecule has 2 aromatic heterocycles. The lowest BCUT2D eigenvalue weighted by atomic mass is 10.2. The van der Waals surface area contributed by atoms with Gasteiger partial charge in [-0.3, -0.25) is 0 Å². The van der Waals surface area contributed by atoms with Crippen LogP contribution in [0, 0.1) is 12.7 Å². The molecule has 1 aliphatic heterocycles. The Morgan fingerprint density at radius 1 is 1.11 bits per heavy atom. The van der Waals surface area contributed by atoms with Crippen LogP contribution in [0.1, 0.15) is 5.89 Å². The molecular formula is C19H19FN6O2. The van der Waals surface area contributed by atoms with Crippen molar-refractivity contribution in [1.29, 1.82) is 0 Å². The Morgan fingerprint density at radius 3 is 2.46 bits per heavy atom. The van der Waals surface area contributed by atoms with E-state index in [0.29, 0.717) is 43.6 Å². The van der Waals surface area contributed by atoms with E-state index >= 15 is 0 Å². The number of amides is 2. The fourth-order valence-electron chi connectivity index (χ4n) is 3.00. The van der Waals surface area contributed by atoms with E-state index in [-0.39, 0.29) is 11.8 Å². The summed E-state index contributed by atoms with van der Waals surface area (Å²) in [4.78, 5) is 24.9. The Hall–Kier alpha value is -3.49. The van der Waals surface area contributed by atoms with Crippen molar-refractivity contribution in [3.8, 4) is 11.4 Å². The number of piperazine rings is 1. The highest BCUT2D eigenvalue weighted by Crippen LogP contribution is 2.20. The molecule has 9 heteroatoms. The van der Waals surface area contributed by atoms with Crippen LogP contribution in [0.2, 0.25) is 0 Å². The minimum absolute atomic E-state index is 0.193. The second-order valence-corrected chi connectivity index (χ2v) is 6.45. The molecule has 0 spiro atoms. The summed E-state index contributed by atoms with van der Waals surface area (Å²) in [5, 5.41) is 6.67. The first-order valence-electron chi connectivity index (χ1n) is 8.92. The summed E-state index contributed by atoms with van der Waals surface area (Å²) < 4.78 is 17.9. The Balaban J connectivity index is 1.33. The van der Waals surface area contributed by atoms with Crippen molar-refractivity contribution in [3.63, 3.8) is 0 Å². The van der Waals surface area contributed by atoms with Gasteiger partial charge in [-0.25, -0.2) is 14.2 Å². The predicted molar refractivity (Wildman–Crippen MR) is 101 cm³/mol. The van der Waals surface area contributed by atoms with Gasteiger partial charge < -0.3 is 19.6 Å². The molecule has 0 aliphatic carbocycles. The number of hydrogen-bond donors (Lipinski definition) is 1. The van der Waals surface area contributed by atoms with Gasteiger partial charge in [-0.05, 0) is 36.4 Å². The first-order chi connectivity index (χ1) is 13.6. The molecule has 0 radical (unpaired) electrons. The molecule has 0 atom stereocenters. The number of benzene rings is 1. The maximum atomic E-state index is 13.0. The summed E-state index contributed by atoms with van der Waals surface area (Å²) in [6.45, 7) is 4.22. The number of rotatable bonds is 3. The number of carbonyl (C=O) groups is 1. The zero-order chi connectivity index (χ0) is 19.5. The van der Waals surface area contributed by atoms with E-state index in [9.17, 15) is 9.18 Å². The van der Waals surface area contributed by atoms with Crippen LogP contribution in [0.5, 0.6) is 0 Å². The molecule has 1 saturated heterocycles. The van der Waals surface area contributed by atoms with Gasteiger partial charge >= 0.3 is 6.03 Å². The summed E-state index contributed by atoms with van der Waals surface area (Å²) in [5.41, 5.74) is 1.36. The molecule has 1 N–H and O–H groups in total. The number of carbonyl (C=O) groups excluding carboxylic acids is 1. The number of halogens is 1. The Morgan fingerprint density at radius 2 is 1.86 bits per heavy atom. The van der Waals surface area contributed by atoms with E-state index < -0.39 is 0 Å². The van der Waals surface area contributed by atoms with Crippen LogP contribution in [0.4, 0.5) is 20.7 Å². The highest BCUT2D eigenvalue weighted by atomic mass is 19.1. The lowest BCUT2D eigenvalue weighted by molar-refractivity contribution is 0.208. The first kappa shape index (κ1) is 17.9. The fraction of sp³-hybridized carbons (Fsp3) is 0.263. The van der Waals surface area contributed by atoms with Gasteiger partial charge in [-0.1, -0.05) is 5.16 Å². The zero-order valence-electron chi connectivity index (χ0n) is 15.3. The molecule has 144 valence electrons. The molecule has 2 amide bonds. The molecule has 1 aliphatic rings. The maximum Gasteiger partial charge on any atom is 0.321 e. The number of hydrogen-bond acceptors (Lipinski definition) is 6. The highest BCUT2D eigenvalue weighted by molar-refractivity contribution is 5.89. The van der Waals surface area contributed by atoms with Gasteiger partial charge in [0, 0.05) is 50.6 Å². The monoisotopic (exact) mass is 382 g/mol. The van der Waals surface area contributed by atoms with Crippen molar-refractivity contribution in [1.82, 2.24) is 20.0 Å². The molecule has 28 heavy (non-hydrogen) atoms. The minimum atomic E-state index is -0.334. The van der Waals surface area contributed by atoms with Crippen molar-refractivity contribution >= 4 is 17.5 Å². The Labute approximate surface area is 161 Å². The van der Waals surface area contributed by atoms with E-state index in [4.69, 9.17) is 4.52 Å². The standard InChI is InChI=1S/C19H19FN6O2/c1-13-22-18(24-28-13)14-2-7-17(21-12-14)25-8-10-26(11-9-25)19(27)23-16-5-3-15(20)4-6-16/h2-7,12H,8-11H2,1H3,(H,23,27). The van der Waals surface area contributed by atoms with Gasteiger partial charge in [0.15, 0.2) is 0 Å². The number of aromatic nitrogens is 3. The largest absolute Gasteiger partial charge is 0.353 e. The van der Waals surface area contributed by atoms with Crippen LogP contribution >= 0.6 is 0 Å². The Bertz CT molecular complexity index is 949. The van der Waals surface area contributed by atoms with E-state index in [1.807, 2.05) is 12.1 Å². The van der Waals surface area contributed by atoms with Gasteiger partial charge in [0.25, 0.3) is 0 Å². The minimum Gasteiger partial charge on any atom is -0.353 e. The molecule has 0 bridgehead atoms. The quantitative estimate of drug-likeness (QED) is 0.749. The third kappa shape index (κ3) is 3.93. The van der Waals surface area contributed by atoms with E-state index in [0.717, 1.165) is 11.4 Å². The van der Waals surface area contributed by atoms with Gasteiger partial charge in [0.1, 0.15) is 11.6 Å². The summed E-state index contributed by atoms with van der Waals surface area (Å²) in [5.74, 6) is 1.52. The smallest absolute Gasteiger partial charge is 0.321 e. The van der Waals surface area contributed by atoms with Gasteiger partial charge in [-0.2, -0.15) is 4.98 Å². The van der Waals surface area contributed by atoms with E-state index in [1.165, 1.54) is 12.1 Å². The normalized spacial score (nSPS) is 14.2. The van der Waals surface area contributed by atoms with Crippen molar-refractivity contribution in [3.05, 3.63) is 54.3 Å². The van der Waals surface area contributed by atoms with Crippen molar-refractivity contribution < 1.29 is 13.7 Å². The molecule has 4 rings (SSSR count). The van der Waals surface area contributed by atoms with Crippen LogP contribution in [-0.2, 0) is 0 Å². The van der Waals surface area contributed by atoms with E-state index in [2.05, 4.69) is 25.3 Å². The lowest BCUT2D eigenvalue weighted by Gasteiger charge is -2.35. The molecule has 3 heterocycles. The van der Waals surface area contributed by atoms with Gasteiger partial charge in [-0.15, -0.1) is 0 Å². The van der Waals surface area contributed by atoms with Crippen molar-refractivity contribution in [2.75, 3.05) is 36.4 Å². The first-order valence-corrected chi connectivity index (χ1v) is 8.92. The topological polar surface area (TPSA) is 87.4 Å². The molecule has 1 aromatic carbocycles. The average molecular weight is 382 g/mol. The Kier molecular flexibility index (Phi) is 4.88. The number of nitrogens with zero attached hydrogens (tertiary/aromatic N) is 5. The summed E-state index contributed by atoms with van der Waals surface area (Å²) in [6, 6.07) is 9.34. The molecule has 0 saturated carbocycles. The highest BCUT2D eigenvalue weighted by Gasteiger charge is 2.22. The number of urea groups is 1. The van der Waals surface area contributed by atoms with Crippen LogP contribution in [0.15, 0.2) is 47.1 Å². The average Bonchev–Trinajstić information content (AvgIpc) is 3.16. The second kappa shape index (κ2) is 7.63. The maximum absolute atomic E-state index is 13.0. The van der Waals surface area contributed by atoms with Crippen molar-refractivity contribution in [2.24, 2.45) is 0 Å². The van der Waals surface area contributed by atoms with Crippen LogP contribution in [0.25, 0.3) is 11.4 Å². The fourth-order valence-corrected chi connectivity index (χ4v) is 3.00. The zero-order valence-corrected chi connectivity index (χ0v) is 15.3. The van der Waals surface area contributed by atoms with E-state index in [1.54, 1.807) is 30.2 Å². The summed E-state index contributed by atoms with van der Waals surface area (Å²) in [6.07, 6.45) is 1.72. The summed E-state index contributed by atoms with van der Waals surface area (Å²) >= 11 is 0. The van der Waals surface area contributed by atoms with Crippen LogP contribution in [-0.4, -0.2) is 52.2 Å². The molecular weight excluding hydrogens is 363 g/mol. The molecule has 0 unspecified atom stereocenters. The van der Waals surface area contributed by atoms with Gasteiger partial charge in [0.2, 0.25) is 11.7 Å². The second-order valence-electron chi connectivity index (χ2n) is 6.45. The number of pyridine rings is 1. The number of nitrogens with one attached hydrogen (secondary N) is 1. The lowest BCUT2D eigenvalue weighted by Crippen LogP contribution is -2.50. The molecule has 8 nitrogen and oxygen atoms in total.